The van der Waals surface area contributed by atoms with E-state index >= 15 is 0 Å². The normalized spacial score (nSPS) is 15.2. The molecule has 3 aromatic rings. The minimum absolute atomic E-state index is 0.0403. The van der Waals surface area contributed by atoms with Crippen LogP contribution in [-0.2, 0) is 4.79 Å². The van der Waals surface area contributed by atoms with Crippen molar-refractivity contribution in [2.45, 2.75) is 12.8 Å². The maximum atomic E-state index is 12.4. The molecule has 1 aliphatic rings. The Hall–Kier alpha value is -2.80. The quantitative estimate of drug-likeness (QED) is 0.715. The molecule has 8 heteroatoms. The molecular formula is C18H17ClN6O. The number of anilines is 2. The lowest BCUT2D eigenvalue weighted by atomic mass is 9.95. The number of pyridine rings is 2. The molecule has 0 unspecified atom stereocenters. The number of fused-ring (bicyclic) bond motifs is 1. The number of hydrogen-bond donors (Lipinski definition) is 1. The third kappa shape index (κ3) is 3.43. The second kappa shape index (κ2) is 7.21. The smallest absolute Gasteiger partial charge is 0.229 e. The molecule has 0 aromatic carbocycles. The minimum Gasteiger partial charge on any atom is -0.356 e. The van der Waals surface area contributed by atoms with Crippen molar-refractivity contribution in [1.29, 1.82) is 0 Å². The van der Waals surface area contributed by atoms with E-state index in [1.54, 1.807) is 30.7 Å². The molecule has 0 spiro atoms. The number of piperidine rings is 1. The van der Waals surface area contributed by atoms with Crippen LogP contribution >= 0.6 is 11.6 Å². The van der Waals surface area contributed by atoms with Crippen molar-refractivity contribution >= 4 is 40.2 Å². The van der Waals surface area contributed by atoms with E-state index in [9.17, 15) is 4.79 Å². The molecule has 1 amide bonds. The molecule has 0 atom stereocenters. The fourth-order valence-electron chi connectivity index (χ4n) is 3.20. The van der Waals surface area contributed by atoms with Crippen LogP contribution in [0.4, 0.5) is 11.8 Å². The zero-order chi connectivity index (χ0) is 17.9. The van der Waals surface area contributed by atoms with Crippen LogP contribution < -0.4 is 10.2 Å². The lowest BCUT2D eigenvalue weighted by molar-refractivity contribution is -0.120. The molecule has 7 nitrogen and oxygen atoms in total. The van der Waals surface area contributed by atoms with Gasteiger partial charge in [0, 0.05) is 49.1 Å². The standard InChI is InChI=1S/C18H17ClN6O/c19-15-11-14-13(3-1-6-20-14)16(23-15)25-9-4-12(5-10-25)17(26)24-18-21-7-2-8-22-18/h1-3,6-8,11-12H,4-5,9-10H2,(H,21,22,24,26). The molecule has 0 radical (unpaired) electrons. The lowest BCUT2D eigenvalue weighted by Crippen LogP contribution is -2.38. The van der Waals surface area contributed by atoms with E-state index < -0.39 is 0 Å². The number of carbonyl (C=O) groups is 1. The highest BCUT2D eigenvalue weighted by Gasteiger charge is 2.27. The molecule has 3 aromatic heterocycles. The van der Waals surface area contributed by atoms with E-state index in [2.05, 4.69) is 30.2 Å². The van der Waals surface area contributed by atoms with Crippen LogP contribution in [0.2, 0.25) is 5.15 Å². The van der Waals surface area contributed by atoms with Crippen LogP contribution in [0.5, 0.6) is 0 Å². The van der Waals surface area contributed by atoms with Crippen molar-refractivity contribution in [1.82, 2.24) is 19.9 Å². The molecule has 132 valence electrons. The van der Waals surface area contributed by atoms with Gasteiger partial charge in [-0.2, -0.15) is 0 Å². The molecule has 0 bridgehead atoms. The Balaban J connectivity index is 1.46. The maximum absolute atomic E-state index is 12.4. The van der Waals surface area contributed by atoms with Crippen molar-refractivity contribution in [2.24, 2.45) is 5.92 Å². The van der Waals surface area contributed by atoms with Gasteiger partial charge in [0.05, 0.1) is 5.52 Å². The van der Waals surface area contributed by atoms with Gasteiger partial charge in [-0.3, -0.25) is 15.1 Å². The fourth-order valence-corrected chi connectivity index (χ4v) is 3.38. The number of amides is 1. The van der Waals surface area contributed by atoms with Crippen LogP contribution in [0, 0.1) is 5.92 Å². The van der Waals surface area contributed by atoms with Gasteiger partial charge >= 0.3 is 0 Å². The van der Waals surface area contributed by atoms with Gasteiger partial charge in [-0.1, -0.05) is 11.6 Å². The lowest BCUT2D eigenvalue weighted by Gasteiger charge is -2.32. The first kappa shape index (κ1) is 16.7. The highest BCUT2D eigenvalue weighted by Crippen LogP contribution is 2.30. The Morgan fingerprint density at radius 2 is 1.85 bits per heavy atom. The molecule has 26 heavy (non-hydrogen) atoms. The molecule has 1 N–H and O–H groups in total. The summed E-state index contributed by atoms with van der Waals surface area (Å²) < 4.78 is 0. The van der Waals surface area contributed by atoms with Crippen LogP contribution in [-0.4, -0.2) is 38.9 Å². The summed E-state index contributed by atoms with van der Waals surface area (Å²) in [5.74, 6) is 1.06. The summed E-state index contributed by atoms with van der Waals surface area (Å²) in [5.41, 5.74) is 0.823. The van der Waals surface area contributed by atoms with Crippen molar-refractivity contribution in [2.75, 3.05) is 23.3 Å². The number of carbonyl (C=O) groups excluding carboxylic acids is 1. The van der Waals surface area contributed by atoms with E-state index in [1.165, 1.54) is 0 Å². The van der Waals surface area contributed by atoms with Crippen molar-refractivity contribution in [3.05, 3.63) is 48.0 Å². The summed E-state index contributed by atoms with van der Waals surface area (Å²) in [7, 11) is 0. The first-order valence-electron chi connectivity index (χ1n) is 8.45. The van der Waals surface area contributed by atoms with E-state index in [4.69, 9.17) is 11.6 Å². The van der Waals surface area contributed by atoms with Gasteiger partial charge < -0.3 is 4.90 Å². The SMILES string of the molecule is O=C(Nc1ncccn1)C1CCN(c2nc(Cl)cc3ncccc23)CC1. The fraction of sp³-hybridized carbons (Fsp3) is 0.278. The summed E-state index contributed by atoms with van der Waals surface area (Å²) in [6.45, 7) is 1.45. The average molecular weight is 369 g/mol. The molecule has 1 aliphatic heterocycles. The zero-order valence-corrected chi connectivity index (χ0v) is 14.7. The molecular weight excluding hydrogens is 352 g/mol. The Kier molecular flexibility index (Phi) is 4.62. The summed E-state index contributed by atoms with van der Waals surface area (Å²) in [6.07, 6.45) is 6.41. The van der Waals surface area contributed by atoms with E-state index in [0.717, 1.165) is 42.7 Å². The van der Waals surface area contributed by atoms with Gasteiger partial charge in [0.25, 0.3) is 0 Å². The number of nitrogens with zero attached hydrogens (tertiary/aromatic N) is 5. The van der Waals surface area contributed by atoms with Crippen molar-refractivity contribution < 1.29 is 4.79 Å². The maximum Gasteiger partial charge on any atom is 0.229 e. The number of halogens is 1. The van der Waals surface area contributed by atoms with Crippen molar-refractivity contribution in [3.8, 4) is 0 Å². The second-order valence-electron chi connectivity index (χ2n) is 6.16. The Morgan fingerprint density at radius 3 is 2.62 bits per heavy atom. The zero-order valence-electron chi connectivity index (χ0n) is 14.0. The highest BCUT2D eigenvalue weighted by atomic mass is 35.5. The Labute approximate surface area is 155 Å². The Bertz CT molecular complexity index is 927. The summed E-state index contributed by atoms with van der Waals surface area (Å²) in [6, 6.07) is 7.36. The third-order valence-electron chi connectivity index (χ3n) is 4.51. The number of aromatic nitrogens is 4. The van der Waals surface area contributed by atoms with Gasteiger partial charge in [0.1, 0.15) is 11.0 Å². The Morgan fingerprint density at radius 1 is 1.12 bits per heavy atom. The van der Waals surface area contributed by atoms with Gasteiger partial charge in [0.2, 0.25) is 11.9 Å². The molecule has 0 aliphatic carbocycles. The molecule has 1 fully saturated rings. The molecule has 1 saturated heterocycles. The summed E-state index contributed by atoms with van der Waals surface area (Å²) in [5, 5.41) is 4.17. The second-order valence-corrected chi connectivity index (χ2v) is 6.55. The minimum atomic E-state index is -0.0707. The van der Waals surface area contributed by atoms with E-state index in [0.29, 0.717) is 11.1 Å². The molecule has 0 saturated carbocycles. The first-order valence-corrected chi connectivity index (χ1v) is 8.82. The van der Waals surface area contributed by atoms with E-state index in [-0.39, 0.29) is 11.8 Å². The number of hydrogen-bond acceptors (Lipinski definition) is 6. The van der Waals surface area contributed by atoms with E-state index in [1.807, 2.05) is 12.1 Å². The summed E-state index contributed by atoms with van der Waals surface area (Å²) >= 11 is 6.16. The van der Waals surface area contributed by atoms with Gasteiger partial charge in [0.15, 0.2) is 0 Å². The van der Waals surface area contributed by atoms with Crippen LogP contribution in [0.3, 0.4) is 0 Å². The van der Waals surface area contributed by atoms with Crippen LogP contribution in [0.25, 0.3) is 10.9 Å². The summed E-state index contributed by atoms with van der Waals surface area (Å²) in [4.78, 5) is 31.5. The topological polar surface area (TPSA) is 83.9 Å². The number of rotatable bonds is 3. The van der Waals surface area contributed by atoms with Crippen LogP contribution in [0.15, 0.2) is 42.9 Å². The van der Waals surface area contributed by atoms with Crippen LogP contribution in [0.1, 0.15) is 12.8 Å². The third-order valence-corrected chi connectivity index (χ3v) is 4.71. The van der Waals surface area contributed by atoms with Gasteiger partial charge in [-0.25, -0.2) is 15.0 Å². The van der Waals surface area contributed by atoms with Crippen molar-refractivity contribution in [3.63, 3.8) is 0 Å². The number of nitrogens with one attached hydrogen (secondary N) is 1. The monoisotopic (exact) mass is 368 g/mol. The molecule has 4 heterocycles. The highest BCUT2D eigenvalue weighted by molar-refractivity contribution is 6.30. The van der Waals surface area contributed by atoms with Gasteiger partial charge in [-0.15, -0.1) is 0 Å². The molecule has 4 rings (SSSR count). The largest absolute Gasteiger partial charge is 0.356 e. The average Bonchev–Trinajstić information content (AvgIpc) is 2.68. The predicted molar refractivity (Wildman–Crippen MR) is 100 cm³/mol. The van der Waals surface area contributed by atoms with Gasteiger partial charge in [-0.05, 0) is 31.0 Å². The predicted octanol–water partition coefficient (Wildman–Crippen LogP) is 2.93. The first-order chi connectivity index (χ1) is 12.7.